The maximum Gasteiger partial charge on any atom is 0.254 e. The third-order valence-corrected chi connectivity index (χ3v) is 3.92. The molecule has 0 saturated heterocycles. The quantitative estimate of drug-likeness (QED) is 0.608. The molecule has 2 fully saturated rings. The molecule has 5 heteroatoms. The van der Waals surface area contributed by atoms with Crippen molar-refractivity contribution in [2.45, 2.75) is 36.8 Å². The van der Waals surface area contributed by atoms with E-state index < -0.39 is 11.1 Å². The molecule has 0 aromatic carbocycles. The molecule has 2 bridgehead atoms. The Kier molecular flexibility index (Phi) is 1.58. The van der Waals surface area contributed by atoms with Crippen molar-refractivity contribution in [3.8, 4) is 0 Å². The van der Waals surface area contributed by atoms with Crippen molar-refractivity contribution in [1.82, 2.24) is 4.90 Å². The first-order valence-corrected chi connectivity index (χ1v) is 5.29. The second kappa shape index (κ2) is 2.60. The van der Waals surface area contributed by atoms with E-state index in [-0.39, 0.29) is 30.4 Å². The van der Waals surface area contributed by atoms with E-state index in [9.17, 15) is 19.5 Å². The van der Waals surface area contributed by atoms with Crippen molar-refractivity contribution in [3.63, 3.8) is 0 Å². The fourth-order valence-corrected chi connectivity index (χ4v) is 3.15. The molecule has 1 aliphatic heterocycles. The smallest absolute Gasteiger partial charge is 0.254 e. The van der Waals surface area contributed by atoms with Gasteiger partial charge < -0.3 is 5.11 Å². The van der Waals surface area contributed by atoms with Crippen LogP contribution in [0.25, 0.3) is 0 Å². The van der Waals surface area contributed by atoms with E-state index in [1.807, 2.05) is 0 Å². The SMILES string of the molecule is O=C1C=CC(=O)N1C12CCC(O)(C1)C(=O)C2. The summed E-state index contributed by atoms with van der Waals surface area (Å²) in [5.74, 6) is -0.987. The number of aliphatic hydroxyl groups is 1. The lowest BCUT2D eigenvalue weighted by atomic mass is 9.90. The lowest BCUT2D eigenvalue weighted by molar-refractivity contribution is -0.144. The molecule has 2 atom stereocenters. The summed E-state index contributed by atoms with van der Waals surface area (Å²) in [5.41, 5.74) is -2.06. The lowest BCUT2D eigenvalue weighted by Crippen LogP contribution is -2.49. The summed E-state index contributed by atoms with van der Waals surface area (Å²) in [4.78, 5) is 35.9. The van der Waals surface area contributed by atoms with Crippen LogP contribution in [0, 0.1) is 0 Å². The van der Waals surface area contributed by atoms with E-state index in [0.29, 0.717) is 12.8 Å². The highest BCUT2D eigenvalue weighted by Gasteiger charge is 2.63. The number of nitrogens with zero attached hydrogens (tertiary/aromatic N) is 1. The molecule has 84 valence electrons. The monoisotopic (exact) mass is 221 g/mol. The van der Waals surface area contributed by atoms with Crippen LogP contribution in [0.4, 0.5) is 0 Å². The van der Waals surface area contributed by atoms with Crippen molar-refractivity contribution >= 4 is 17.6 Å². The molecule has 2 aliphatic carbocycles. The van der Waals surface area contributed by atoms with Gasteiger partial charge in [-0.2, -0.15) is 0 Å². The Morgan fingerprint density at radius 1 is 1.12 bits per heavy atom. The van der Waals surface area contributed by atoms with Gasteiger partial charge >= 0.3 is 0 Å². The van der Waals surface area contributed by atoms with Gasteiger partial charge in [-0.3, -0.25) is 19.3 Å². The largest absolute Gasteiger partial charge is 0.382 e. The Balaban J connectivity index is 2.00. The summed E-state index contributed by atoms with van der Waals surface area (Å²) in [6.45, 7) is 0. The van der Waals surface area contributed by atoms with Crippen LogP contribution in [0.3, 0.4) is 0 Å². The predicted molar refractivity (Wildman–Crippen MR) is 52.1 cm³/mol. The Morgan fingerprint density at radius 2 is 1.75 bits per heavy atom. The molecule has 3 aliphatic rings. The van der Waals surface area contributed by atoms with Crippen LogP contribution in [0.15, 0.2) is 12.2 Å². The lowest BCUT2D eigenvalue weighted by Gasteiger charge is -2.34. The Hall–Kier alpha value is -1.49. The van der Waals surface area contributed by atoms with Gasteiger partial charge in [-0.05, 0) is 12.8 Å². The first kappa shape index (κ1) is 9.72. The van der Waals surface area contributed by atoms with Gasteiger partial charge in [-0.25, -0.2) is 0 Å². The maximum atomic E-state index is 11.6. The maximum absolute atomic E-state index is 11.6. The van der Waals surface area contributed by atoms with Crippen molar-refractivity contribution in [2.24, 2.45) is 0 Å². The molecule has 1 N–H and O–H groups in total. The van der Waals surface area contributed by atoms with Gasteiger partial charge in [-0.15, -0.1) is 0 Å². The van der Waals surface area contributed by atoms with E-state index in [2.05, 4.69) is 0 Å². The van der Waals surface area contributed by atoms with E-state index in [4.69, 9.17) is 0 Å². The highest BCUT2D eigenvalue weighted by Crippen LogP contribution is 2.52. The number of rotatable bonds is 1. The van der Waals surface area contributed by atoms with Gasteiger partial charge in [0.25, 0.3) is 11.8 Å². The third kappa shape index (κ3) is 0.962. The zero-order chi connectivity index (χ0) is 11.6. The van der Waals surface area contributed by atoms with Crippen molar-refractivity contribution in [2.75, 3.05) is 0 Å². The molecule has 16 heavy (non-hydrogen) atoms. The molecule has 2 amide bonds. The number of fused-ring (bicyclic) bond motifs is 2. The van der Waals surface area contributed by atoms with Gasteiger partial charge in [0.05, 0.1) is 5.54 Å². The van der Waals surface area contributed by atoms with E-state index in [1.165, 1.54) is 12.2 Å². The van der Waals surface area contributed by atoms with E-state index in [1.54, 1.807) is 0 Å². The van der Waals surface area contributed by atoms with Crippen molar-refractivity contribution in [1.29, 1.82) is 0 Å². The summed E-state index contributed by atoms with van der Waals surface area (Å²) in [6, 6.07) is 0. The van der Waals surface area contributed by atoms with E-state index >= 15 is 0 Å². The molecule has 2 unspecified atom stereocenters. The highest BCUT2D eigenvalue weighted by atomic mass is 16.3. The molecule has 1 heterocycles. The molecular formula is C11H11NO4. The van der Waals surface area contributed by atoms with Crippen molar-refractivity contribution in [3.05, 3.63) is 12.2 Å². The Bertz CT molecular complexity index is 437. The number of ketones is 1. The van der Waals surface area contributed by atoms with Crippen molar-refractivity contribution < 1.29 is 19.5 Å². The fraction of sp³-hybridized carbons (Fsp3) is 0.545. The standard InChI is InChI=1S/C11H11NO4/c13-7-5-10(3-4-11(7,16)6-10)12-8(14)1-2-9(12)15/h1-2,16H,3-6H2. The van der Waals surface area contributed by atoms with Crippen LogP contribution in [-0.4, -0.2) is 38.7 Å². The summed E-state index contributed by atoms with van der Waals surface area (Å²) >= 11 is 0. The van der Waals surface area contributed by atoms with Crippen LogP contribution in [0.1, 0.15) is 25.7 Å². The van der Waals surface area contributed by atoms with Gasteiger partial charge in [-0.1, -0.05) is 0 Å². The number of amides is 2. The zero-order valence-corrected chi connectivity index (χ0v) is 8.60. The van der Waals surface area contributed by atoms with Crippen LogP contribution in [-0.2, 0) is 14.4 Å². The van der Waals surface area contributed by atoms with Gasteiger partial charge in [0.15, 0.2) is 5.78 Å². The normalized spacial score (nSPS) is 41.6. The molecule has 0 spiro atoms. The van der Waals surface area contributed by atoms with Gasteiger partial charge in [0.1, 0.15) is 5.60 Å². The van der Waals surface area contributed by atoms with Crippen LogP contribution in [0.2, 0.25) is 0 Å². The number of hydrogen-bond acceptors (Lipinski definition) is 4. The minimum Gasteiger partial charge on any atom is -0.382 e. The average Bonchev–Trinajstić information content (AvgIpc) is 2.77. The first-order valence-electron chi connectivity index (χ1n) is 5.29. The molecule has 0 aromatic heterocycles. The molecular weight excluding hydrogens is 210 g/mol. The second-order valence-corrected chi connectivity index (χ2v) is 4.88. The number of imide groups is 1. The molecule has 0 aromatic rings. The summed E-state index contributed by atoms with van der Waals surface area (Å²) in [5, 5.41) is 9.99. The number of carbonyl (C=O) groups is 3. The molecule has 3 rings (SSSR count). The van der Waals surface area contributed by atoms with Gasteiger partial charge in [0, 0.05) is 25.0 Å². The first-order chi connectivity index (χ1) is 7.47. The zero-order valence-electron chi connectivity index (χ0n) is 8.60. The fourth-order valence-electron chi connectivity index (χ4n) is 3.15. The molecule has 5 nitrogen and oxygen atoms in total. The summed E-state index contributed by atoms with van der Waals surface area (Å²) < 4.78 is 0. The predicted octanol–water partition coefficient (Wildman–Crippen LogP) is -0.462. The molecule has 2 saturated carbocycles. The van der Waals surface area contributed by atoms with E-state index in [0.717, 1.165) is 4.90 Å². The highest BCUT2D eigenvalue weighted by molar-refractivity contribution is 6.14. The summed E-state index contributed by atoms with van der Waals surface area (Å²) in [6.07, 6.45) is 3.62. The minimum atomic E-state index is -1.30. The molecule has 0 radical (unpaired) electrons. The van der Waals surface area contributed by atoms with Crippen LogP contribution in [0.5, 0.6) is 0 Å². The number of hydrogen-bond donors (Lipinski definition) is 1. The van der Waals surface area contributed by atoms with Gasteiger partial charge in [0.2, 0.25) is 0 Å². The third-order valence-electron chi connectivity index (χ3n) is 3.92. The van der Waals surface area contributed by atoms with Crippen LogP contribution >= 0.6 is 0 Å². The van der Waals surface area contributed by atoms with Crippen LogP contribution < -0.4 is 0 Å². The average molecular weight is 221 g/mol. The minimum absolute atomic E-state index is 0.0999. The Morgan fingerprint density at radius 3 is 2.19 bits per heavy atom. The summed E-state index contributed by atoms with van der Waals surface area (Å²) in [7, 11) is 0. The number of Topliss-reactive ketones (excluding diaryl/α,β-unsaturated/α-hetero) is 1. The topological polar surface area (TPSA) is 74.7 Å². The number of carbonyl (C=O) groups excluding carboxylic acids is 3. The second-order valence-electron chi connectivity index (χ2n) is 4.88. The Labute approximate surface area is 91.7 Å².